The molecule has 0 radical (unpaired) electrons. The van der Waals surface area contributed by atoms with Gasteiger partial charge in [-0.05, 0) is 48.6 Å². The van der Waals surface area contributed by atoms with Crippen LogP contribution in [-0.2, 0) is 4.79 Å². The highest BCUT2D eigenvalue weighted by Gasteiger charge is 2.21. The molecular weight excluding hydrogens is 446 g/mol. The van der Waals surface area contributed by atoms with Crippen LogP contribution in [0.1, 0.15) is 23.7 Å². The molecule has 3 rings (SSSR count). The van der Waals surface area contributed by atoms with E-state index in [1.54, 1.807) is 0 Å². The van der Waals surface area contributed by atoms with E-state index in [0.717, 1.165) is 24.8 Å². The largest absolute Gasteiger partial charge is 0.490 e. The summed E-state index contributed by atoms with van der Waals surface area (Å²) in [5.74, 6) is -0.334. The number of nitrogens with one attached hydrogen (secondary N) is 2. The van der Waals surface area contributed by atoms with Crippen molar-refractivity contribution in [1.29, 1.82) is 0 Å². The summed E-state index contributed by atoms with van der Waals surface area (Å²) in [7, 11) is 1.32. The van der Waals surface area contributed by atoms with Crippen LogP contribution in [-0.4, -0.2) is 60.0 Å². The monoisotopic (exact) mass is 471 g/mol. The van der Waals surface area contributed by atoms with Gasteiger partial charge >= 0.3 is 5.69 Å². The number of piperazine rings is 1. The van der Waals surface area contributed by atoms with Crippen LogP contribution < -0.4 is 20.3 Å². The van der Waals surface area contributed by atoms with Gasteiger partial charge in [-0.15, -0.1) is 0 Å². The zero-order valence-electron chi connectivity index (χ0n) is 18.4. The zero-order chi connectivity index (χ0) is 24.0. The molecule has 2 N–H and O–H groups in total. The number of nitro benzene ring substituents is 1. The van der Waals surface area contributed by atoms with Gasteiger partial charge in [0.25, 0.3) is 5.91 Å². The number of hydrogen-bond acceptors (Lipinski definition) is 7. The number of amides is 2. The van der Waals surface area contributed by atoms with Gasteiger partial charge in [-0.3, -0.25) is 25.0 Å². The maximum atomic E-state index is 12.4. The number of rotatable bonds is 6. The van der Waals surface area contributed by atoms with E-state index < -0.39 is 10.8 Å². The molecule has 1 aliphatic rings. The fourth-order valence-corrected chi connectivity index (χ4v) is 3.72. The summed E-state index contributed by atoms with van der Waals surface area (Å²) in [4.78, 5) is 38.9. The molecule has 11 heteroatoms. The maximum Gasteiger partial charge on any atom is 0.311 e. The van der Waals surface area contributed by atoms with Crippen molar-refractivity contribution in [1.82, 2.24) is 10.2 Å². The highest BCUT2D eigenvalue weighted by molar-refractivity contribution is 7.80. The third kappa shape index (κ3) is 5.95. The van der Waals surface area contributed by atoms with Gasteiger partial charge in [0.1, 0.15) is 0 Å². The van der Waals surface area contributed by atoms with E-state index in [1.165, 1.54) is 19.2 Å². The van der Waals surface area contributed by atoms with Gasteiger partial charge < -0.3 is 19.9 Å². The molecule has 0 aliphatic carbocycles. The summed E-state index contributed by atoms with van der Waals surface area (Å²) >= 11 is 5.20. The minimum Gasteiger partial charge on any atom is -0.490 e. The van der Waals surface area contributed by atoms with Crippen molar-refractivity contribution in [2.75, 3.05) is 43.5 Å². The average Bonchev–Trinajstić information content (AvgIpc) is 2.83. The first kappa shape index (κ1) is 23.9. The van der Waals surface area contributed by atoms with Crippen LogP contribution in [0.5, 0.6) is 5.75 Å². The van der Waals surface area contributed by atoms with Crippen LogP contribution in [0.2, 0.25) is 0 Å². The van der Waals surface area contributed by atoms with E-state index in [1.807, 2.05) is 36.1 Å². The van der Waals surface area contributed by atoms with Crippen LogP contribution in [0, 0.1) is 10.1 Å². The van der Waals surface area contributed by atoms with E-state index in [4.69, 9.17) is 17.0 Å². The maximum absolute atomic E-state index is 12.4. The second kappa shape index (κ2) is 10.7. The first-order valence-corrected chi connectivity index (χ1v) is 10.8. The minimum absolute atomic E-state index is 0.0655. The first-order valence-electron chi connectivity index (χ1n) is 10.4. The molecular formula is C22H25N5O5S. The number of thiocarbonyl (C=S) groups is 1. The Bertz CT molecular complexity index is 1050. The van der Waals surface area contributed by atoms with Crippen molar-refractivity contribution in [2.45, 2.75) is 13.3 Å². The molecule has 10 nitrogen and oxygen atoms in total. The lowest BCUT2D eigenvalue weighted by atomic mass is 10.1. The van der Waals surface area contributed by atoms with Gasteiger partial charge in [-0.1, -0.05) is 6.92 Å². The predicted molar refractivity (Wildman–Crippen MR) is 129 cm³/mol. The van der Waals surface area contributed by atoms with Crippen LogP contribution in [0.4, 0.5) is 17.1 Å². The number of nitro groups is 1. The average molecular weight is 472 g/mol. The van der Waals surface area contributed by atoms with Crippen molar-refractivity contribution in [3.63, 3.8) is 0 Å². The van der Waals surface area contributed by atoms with Crippen LogP contribution in [0.3, 0.4) is 0 Å². The number of nitrogens with zero attached hydrogens (tertiary/aromatic N) is 3. The predicted octanol–water partition coefficient (Wildman–Crippen LogP) is 2.79. The Morgan fingerprint density at radius 2 is 1.79 bits per heavy atom. The van der Waals surface area contributed by atoms with Gasteiger partial charge in [-0.25, -0.2) is 0 Å². The lowest BCUT2D eigenvalue weighted by molar-refractivity contribution is -0.385. The van der Waals surface area contributed by atoms with E-state index in [9.17, 15) is 19.7 Å². The molecule has 0 spiro atoms. The first-order chi connectivity index (χ1) is 15.8. The fraction of sp³-hybridized carbons (Fsp3) is 0.318. The number of benzene rings is 2. The van der Waals surface area contributed by atoms with Crippen LogP contribution >= 0.6 is 12.2 Å². The lowest BCUT2D eigenvalue weighted by Gasteiger charge is -2.36. The number of methoxy groups -OCH3 is 1. The fourth-order valence-electron chi connectivity index (χ4n) is 3.50. The molecule has 174 valence electrons. The van der Waals surface area contributed by atoms with Crippen LogP contribution in [0.15, 0.2) is 42.5 Å². The van der Waals surface area contributed by atoms with E-state index in [0.29, 0.717) is 25.2 Å². The molecule has 0 bridgehead atoms. The van der Waals surface area contributed by atoms with Crippen molar-refractivity contribution in [2.24, 2.45) is 0 Å². The van der Waals surface area contributed by atoms with Crippen molar-refractivity contribution >= 4 is 46.2 Å². The highest BCUT2D eigenvalue weighted by atomic mass is 32.1. The lowest BCUT2D eigenvalue weighted by Crippen LogP contribution is -2.48. The molecule has 0 unspecified atom stereocenters. The smallest absolute Gasteiger partial charge is 0.311 e. The molecule has 2 aromatic rings. The second-order valence-electron chi connectivity index (χ2n) is 7.32. The summed E-state index contributed by atoms with van der Waals surface area (Å²) < 4.78 is 4.94. The van der Waals surface area contributed by atoms with E-state index in [-0.39, 0.29) is 28.0 Å². The molecule has 1 aliphatic heterocycles. The van der Waals surface area contributed by atoms with Gasteiger partial charge in [0, 0.05) is 55.6 Å². The number of hydrogen-bond donors (Lipinski definition) is 2. The summed E-state index contributed by atoms with van der Waals surface area (Å²) in [6.45, 7) is 4.80. The minimum atomic E-state index is -0.616. The molecule has 0 aromatic heterocycles. The SMILES string of the molecule is CCC(=O)N1CCN(c2ccc(NC(=S)NC(=O)c3ccc(OC)c([N+](=O)[O-])c3)cc2)CC1. The van der Waals surface area contributed by atoms with Gasteiger partial charge in [-0.2, -0.15) is 0 Å². The highest BCUT2D eigenvalue weighted by Crippen LogP contribution is 2.27. The van der Waals surface area contributed by atoms with Crippen molar-refractivity contribution in [3.05, 3.63) is 58.1 Å². The molecule has 1 fully saturated rings. The molecule has 0 atom stereocenters. The molecule has 1 saturated heterocycles. The Morgan fingerprint density at radius 1 is 1.12 bits per heavy atom. The quantitative estimate of drug-likeness (QED) is 0.375. The normalized spacial score (nSPS) is 13.3. The molecule has 1 heterocycles. The summed E-state index contributed by atoms with van der Waals surface area (Å²) in [6, 6.07) is 11.5. The Labute approximate surface area is 196 Å². The van der Waals surface area contributed by atoms with E-state index >= 15 is 0 Å². The molecule has 2 amide bonds. The Balaban J connectivity index is 1.56. The number of anilines is 2. The second-order valence-corrected chi connectivity index (χ2v) is 7.73. The Kier molecular flexibility index (Phi) is 7.78. The summed E-state index contributed by atoms with van der Waals surface area (Å²) in [5.41, 5.74) is 1.50. The number of ether oxygens (including phenoxy) is 1. The van der Waals surface area contributed by atoms with Crippen LogP contribution in [0.25, 0.3) is 0 Å². The standard InChI is InChI=1S/C22H25N5O5S/c1-3-20(28)26-12-10-25(11-13-26)17-7-5-16(6-8-17)23-22(33)24-21(29)15-4-9-19(32-2)18(14-15)27(30)31/h4-9,14H,3,10-13H2,1-2H3,(H2,23,24,29,33). The molecule has 2 aromatic carbocycles. The molecule has 0 saturated carbocycles. The summed E-state index contributed by atoms with van der Waals surface area (Å²) in [5, 5.41) is 16.7. The van der Waals surface area contributed by atoms with Gasteiger partial charge in [0.15, 0.2) is 10.9 Å². The van der Waals surface area contributed by atoms with Gasteiger partial charge in [0.2, 0.25) is 5.91 Å². The van der Waals surface area contributed by atoms with E-state index in [2.05, 4.69) is 15.5 Å². The Morgan fingerprint density at radius 3 is 2.36 bits per heavy atom. The van der Waals surface area contributed by atoms with Crippen molar-refractivity contribution in [3.8, 4) is 5.75 Å². The number of carbonyl (C=O) groups is 2. The number of carbonyl (C=O) groups excluding carboxylic acids is 2. The zero-order valence-corrected chi connectivity index (χ0v) is 19.2. The third-order valence-electron chi connectivity index (χ3n) is 5.29. The topological polar surface area (TPSA) is 117 Å². The van der Waals surface area contributed by atoms with Crippen molar-refractivity contribution < 1.29 is 19.2 Å². The third-order valence-corrected chi connectivity index (χ3v) is 5.49. The Hall–Kier alpha value is -3.73. The van der Waals surface area contributed by atoms with Gasteiger partial charge in [0.05, 0.1) is 12.0 Å². The molecule has 33 heavy (non-hydrogen) atoms. The summed E-state index contributed by atoms with van der Waals surface area (Å²) in [6.07, 6.45) is 0.520.